The molecule has 0 aliphatic heterocycles. The first kappa shape index (κ1) is 16.9. The Bertz CT molecular complexity index is 620. The van der Waals surface area contributed by atoms with Crippen molar-refractivity contribution in [3.05, 3.63) is 28.0 Å². The Balaban J connectivity index is 2.30. The fourth-order valence-corrected chi connectivity index (χ4v) is 2.86. The Morgan fingerprint density at radius 1 is 1.19 bits per heavy atom. The number of hydrogen-bond acceptors (Lipinski definition) is 2. The number of hydrogen-bond donors (Lipinski definition) is 0. The summed E-state index contributed by atoms with van der Waals surface area (Å²) in [6, 6.07) is 3.68. The molecule has 0 bridgehead atoms. The van der Waals surface area contributed by atoms with Crippen molar-refractivity contribution in [2.45, 2.75) is 31.7 Å². The standard InChI is InChI=1S/C15H20Cl3N3/c1-10(16)15-19-13-8-11(17)12(18)9-14(13)21(15)7-5-4-6-20(2)3/h8-10H,4-7H2,1-3H3. The van der Waals surface area contributed by atoms with Gasteiger partial charge in [0.1, 0.15) is 5.82 Å². The van der Waals surface area contributed by atoms with Crippen LogP contribution < -0.4 is 0 Å². The van der Waals surface area contributed by atoms with Crippen LogP contribution >= 0.6 is 34.8 Å². The van der Waals surface area contributed by atoms with Crippen molar-refractivity contribution in [3.8, 4) is 0 Å². The van der Waals surface area contributed by atoms with E-state index in [1.807, 2.05) is 13.0 Å². The zero-order valence-corrected chi connectivity index (χ0v) is 14.8. The first-order chi connectivity index (χ1) is 9.90. The summed E-state index contributed by atoms with van der Waals surface area (Å²) in [7, 11) is 4.17. The third kappa shape index (κ3) is 4.04. The van der Waals surface area contributed by atoms with E-state index in [4.69, 9.17) is 34.8 Å². The molecule has 0 N–H and O–H groups in total. The van der Waals surface area contributed by atoms with Crippen LogP contribution in [0.2, 0.25) is 10.0 Å². The lowest BCUT2D eigenvalue weighted by Crippen LogP contribution is -2.14. The Kier molecular flexibility index (Phi) is 5.78. The van der Waals surface area contributed by atoms with Gasteiger partial charge in [0.25, 0.3) is 0 Å². The number of rotatable bonds is 6. The first-order valence-corrected chi connectivity index (χ1v) is 8.23. The van der Waals surface area contributed by atoms with E-state index < -0.39 is 0 Å². The molecule has 0 spiro atoms. The maximum Gasteiger partial charge on any atom is 0.127 e. The summed E-state index contributed by atoms with van der Waals surface area (Å²) >= 11 is 18.5. The Labute approximate surface area is 140 Å². The second kappa shape index (κ2) is 7.19. The number of nitrogens with zero attached hydrogens (tertiary/aromatic N) is 3. The second-order valence-corrected chi connectivity index (χ2v) is 6.97. The lowest BCUT2D eigenvalue weighted by Gasteiger charge is -2.12. The molecule has 0 aliphatic rings. The molecule has 2 rings (SSSR count). The summed E-state index contributed by atoms with van der Waals surface area (Å²) in [5.41, 5.74) is 1.84. The molecule has 1 atom stereocenters. The number of imidazole rings is 1. The van der Waals surface area contributed by atoms with Gasteiger partial charge in [0.2, 0.25) is 0 Å². The van der Waals surface area contributed by atoms with Gasteiger partial charge in [-0.3, -0.25) is 0 Å². The van der Waals surface area contributed by atoms with Crippen molar-refractivity contribution in [2.75, 3.05) is 20.6 Å². The molecule has 0 amide bonds. The van der Waals surface area contributed by atoms with Gasteiger partial charge in [-0.05, 0) is 52.5 Å². The lowest BCUT2D eigenvalue weighted by molar-refractivity contribution is 0.387. The fraction of sp³-hybridized carbons (Fsp3) is 0.533. The van der Waals surface area contributed by atoms with Gasteiger partial charge in [0.05, 0.1) is 26.5 Å². The molecule has 2 aromatic rings. The van der Waals surface area contributed by atoms with Crippen molar-refractivity contribution in [1.29, 1.82) is 0 Å². The molecule has 3 nitrogen and oxygen atoms in total. The predicted octanol–water partition coefficient (Wildman–Crippen LogP) is 4.98. The largest absolute Gasteiger partial charge is 0.327 e. The van der Waals surface area contributed by atoms with Gasteiger partial charge in [-0.25, -0.2) is 4.98 Å². The molecule has 0 radical (unpaired) electrons. The van der Waals surface area contributed by atoms with E-state index in [-0.39, 0.29) is 5.38 Å². The van der Waals surface area contributed by atoms with Crippen LogP contribution in [0.5, 0.6) is 0 Å². The number of halogens is 3. The molecule has 0 saturated carbocycles. The third-order valence-electron chi connectivity index (χ3n) is 3.41. The maximum atomic E-state index is 6.27. The zero-order valence-electron chi connectivity index (χ0n) is 12.5. The van der Waals surface area contributed by atoms with Crippen molar-refractivity contribution in [2.24, 2.45) is 0 Å². The zero-order chi connectivity index (χ0) is 15.6. The third-order valence-corrected chi connectivity index (χ3v) is 4.33. The molecule has 6 heteroatoms. The summed E-state index contributed by atoms with van der Waals surface area (Å²) in [4.78, 5) is 6.79. The number of aryl methyl sites for hydroxylation is 1. The van der Waals surface area contributed by atoms with Crippen LogP contribution in [0.15, 0.2) is 12.1 Å². The van der Waals surface area contributed by atoms with Crippen LogP contribution in [-0.2, 0) is 6.54 Å². The van der Waals surface area contributed by atoms with Crippen LogP contribution in [-0.4, -0.2) is 35.1 Å². The minimum atomic E-state index is -0.149. The summed E-state index contributed by atoms with van der Waals surface area (Å²) < 4.78 is 2.16. The quantitative estimate of drug-likeness (QED) is 0.542. The minimum absolute atomic E-state index is 0.149. The molecule has 0 aliphatic carbocycles. The first-order valence-electron chi connectivity index (χ1n) is 7.04. The van der Waals surface area contributed by atoms with Gasteiger partial charge >= 0.3 is 0 Å². The molecular weight excluding hydrogens is 329 g/mol. The van der Waals surface area contributed by atoms with Gasteiger partial charge in [-0.1, -0.05) is 23.2 Å². The monoisotopic (exact) mass is 347 g/mol. The highest BCUT2D eigenvalue weighted by Gasteiger charge is 2.16. The topological polar surface area (TPSA) is 21.1 Å². The molecule has 21 heavy (non-hydrogen) atoms. The highest BCUT2D eigenvalue weighted by molar-refractivity contribution is 6.42. The summed E-state index contributed by atoms with van der Waals surface area (Å²) in [6.07, 6.45) is 2.20. The number of fused-ring (bicyclic) bond motifs is 1. The van der Waals surface area contributed by atoms with Crippen molar-refractivity contribution in [3.63, 3.8) is 0 Å². The van der Waals surface area contributed by atoms with Crippen molar-refractivity contribution >= 4 is 45.8 Å². The molecule has 0 fully saturated rings. The predicted molar refractivity (Wildman–Crippen MR) is 91.8 cm³/mol. The number of benzene rings is 1. The van der Waals surface area contributed by atoms with Crippen LogP contribution in [0.25, 0.3) is 11.0 Å². The minimum Gasteiger partial charge on any atom is -0.327 e. The highest BCUT2D eigenvalue weighted by Crippen LogP contribution is 2.31. The Hall–Kier alpha value is -0.480. The van der Waals surface area contributed by atoms with E-state index in [2.05, 4.69) is 28.5 Å². The van der Waals surface area contributed by atoms with Gasteiger partial charge in [-0.2, -0.15) is 0 Å². The van der Waals surface area contributed by atoms with Crippen LogP contribution in [0.1, 0.15) is 31.0 Å². The Morgan fingerprint density at radius 2 is 1.86 bits per heavy atom. The summed E-state index contributed by atoms with van der Waals surface area (Å²) in [5.74, 6) is 0.870. The van der Waals surface area contributed by atoms with Crippen LogP contribution in [0.4, 0.5) is 0 Å². The van der Waals surface area contributed by atoms with Gasteiger partial charge in [0.15, 0.2) is 0 Å². The van der Waals surface area contributed by atoms with Gasteiger partial charge in [-0.15, -0.1) is 11.6 Å². The van der Waals surface area contributed by atoms with Crippen LogP contribution in [0, 0.1) is 0 Å². The molecule has 1 unspecified atom stereocenters. The van der Waals surface area contributed by atoms with E-state index in [1.165, 1.54) is 0 Å². The Morgan fingerprint density at radius 3 is 2.48 bits per heavy atom. The summed E-state index contributed by atoms with van der Waals surface area (Å²) in [5, 5.41) is 0.923. The SMILES string of the molecule is CC(Cl)c1nc2cc(Cl)c(Cl)cc2n1CCCCN(C)C. The summed E-state index contributed by atoms with van der Waals surface area (Å²) in [6.45, 7) is 3.89. The van der Waals surface area contributed by atoms with E-state index in [0.717, 1.165) is 42.8 Å². The molecular formula is C15H20Cl3N3. The number of alkyl halides is 1. The molecule has 1 aromatic carbocycles. The molecule has 116 valence electrons. The van der Waals surface area contributed by atoms with Crippen LogP contribution in [0.3, 0.4) is 0 Å². The van der Waals surface area contributed by atoms with Gasteiger partial charge < -0.3 is 9.47 Å². The smallest absolute Gasteiger partial charge is 0.127 e. The van der Waals surface area contributed by atoms with E-state index in [9.17, 15) is 0 Å². The average Bonchev–Trinajstić information content (AvgIpc) is 2.73. The molecule has 1 heterocycles. The lowest BCUT2D eigenvalue weighted by atomic mass is 10.2. The van der Waals surface area contributed by atoms with Crippen molar-refractivity contribution < 1.29 is 0 Å². The van der Waals surface area contributed by atoms with E-state index >= 15 is 0 Å². The normalized spacial score (nSPS) is 13.3. The molecule has 1 aromatic heterocycles. The van der Waals surface area contributed by atoms with Crippen molar-refractivity contribution in [1.82, 2.24) is 14.5 Å². The van der Waals surface area contributed by atoms with E-state index in [1.54, 1.807) is 6.07 Å². The molecule has 0 saturated heterocycles. The van der Waals surface area contributed by atoms with Gasteiger partial charge in [0, 0.05) is 6.54 Å². The fourth-order valence-electron chi connectivity index (χ4n) is 2.38. The number of aromatic nitrogens is 2. The highest BCUT2D eigenvalue weighted by atomic mass is 35.5. The van der Waals surface area contributed by atoms with E-state index in [0.29, 0.717) is 10.0 Å². The second-order valence-electron chi connectivity index (χ2n) is 5.50. The maximum absolute atomic E-state index is 6.27. The number of unbranched alkanes of at least 4 members (excludes halogenated alkanes) is 1. The average molecular weight is 349 g/mol.